The average Bonchev–Trinajstić information content (AvgIpc) is 3.00. The van der Waals surface area contributed by atoms with Gasteiger partial charge >= 0.3 is 5.97 Å². The maximum atomic E-state index is 13.6. The van der Waals surface area contributed by atoms with E-state index in [1.807, 2.05) is 13.8 Å². The highest BCUT2D eigenvalue weighted by Crippen LogP contribution is 2.19. The van der Waals surface area contributed by atoms with E-state index in [2.05, 4.69) is 21.3 Å². The molecule has 1 aliphatic heterocycles. The summed E-state index contributed by atoms with van der Waals surface area (Å²) in [6.07, 6.45) is 4.71. The first-order chi connectivity index (χ1) is 21.8. The van der Waals surface area contributed by atoms with Crippen LogP contribution in [0.5, 0.6) is 5.75 Å². The molecule has 0 radical (unpaired) electrons. The lowest BCUT2D eigenvalue weighted by atomic mass is 9.89. The van der Waals surface area contributed by atoms with Crippen molar-refractivity contribution in [1.82, 2.24) is 21.3 Å². The van der Waals surface area contributed by atoms with Gasteiger partial charge in [-0.25, -0.2) is 0 Å². The fourth-order valence-corrected chi connectivity index (χ4v) is 5.00. The molecule has 4 amide bonds. The third-order valence-electron chi connectivity index (χ3n) is 7.55. The molecular weight excluding hydrogens is 596 g/mol. The summed E-state index contributed by atoms with van der Waals surface area (Å²) in [4.78, 5) is 77.3. The summed E-state index contributed by atoms with van der Waals surface area (Å²) < 4.78 is 0. The molecule has 10 N–H and O–H groups in total. The summed E-state index contributed by atoms with van der Waals surface area (Å²) in [5, 5.41) is 29.8. The predicted octanol–water partition coefficient (Wildman–Crippen LogP) is 0.0177. The number of Topliss-reactive ketones (excluding diaryl/α,β-unsaturated/α-hetero) is 1. The van der Waals surface area contributed by atoms with Crippen molar-refractivity contribution in [3.63, 3.8) is 0 Å². The number of aliphatic carboxylic acids is 1. The number of carbonyl (C=O) groups is 6. The molecule has 0 aliphatic carbocycles. The Bertz CT molecular complexity index is 1240. The second-order valence-corrected chi connectivity index (χ2v) is 12.0. The number of phenolic OH excluding ortho intramolecular Hbond substituents is 1. The highest BCUT2D eigenvalue weighted by molar-refractivity contribution is 5.95. The van der Waals surface area contributed by atoms with Crippen LogP contribution in [0.15, 0.2) is 36.4 Å². The minimum absolute atomic E-state index is 0.0129. The number of ketones is 1. The number of benzene rings is 1. The van der Waals surface area contributed by atoms with E-state index >= 15 is 0 Å². The molecule has 0 fully saturated rings. The highest BCUT2D eigenvalue weighted by atomic mass is 16.4. The van der Waals surface area contributed by atoms with Crippen molar-refractivity contribution < 1.29 is 39.0 Å². The smallest absolute Gasteiger partial charge is 0.306 e. The van der Waals surface area contributed by atoms with Gasteiger partial charge in [-0.05, 0) is 75.1 Å². The van der Waals surface area contributed by atoms with Gasteiger partial charge in [0, 0.05) is 6.42 Å². The van der Waals surface area contributed by atoms with Crippen molar-refractivity contribution >= 4 is 35.4 Å². The monoisotopic (exact) mass is 644 g/mol. The van der Waals surface area contributed by atoms with Crippen LogP contribution < -0.4 is 32.7 Å². The summed E-state index contributed by atoms with van der Waals surface area (Å²) in [5.41, 5.74) is 12.2. The standard InChI is InChI=1S/C32H48N6O8/c1-19(2)15-21(32(45)46)17-27(40)26(16-20-10-12-22(39)13-11-20)38-31(44)25-8-4-3-7-23(34)29(42)37-24(9-5-6-14-33)30(43)35-18-28(41)36-25/h3-4,10-13,19,21,23-26,39H,5-9,14-18,33-34H2,1-2H3,(H,35,43)(H,36,41)(H,37,42)(H,38,44)(H,45,46)/t21-,23+,24+,25+,26+/m1/s1. The minimum Gasteiger partial charge on any atom is -0.508 e. The van der Waals surface area contributed by atoms with E-state index in [4.69, 9.17) is 11.5 Å². The minimum atomic E-state index is -1.17. The second kappa shape index (κ2) is 19.3. The molecule has 1 aliphatic rings. The zero-order chi connectivity index (χ0) is 34.2. The van der Waals surface area contributed by atoms with Crippen LogP contribution in [-0.4, -0.2) is 82.9 Å². The quantitative estimate of drug-likeness (QED) is 0.0997. The molecule has 14 nitrogen and oxygen atoms in total. The van der Waals surface area contributed by atoms with Crippen LogP contribution in [0.1, 0.15) is 64.4 Å². The van der Waals surface area contributed by atoms with Gasteiger partial charge in [-0.3, -0.25) is 28.8 Å². The summed E-state index contributed by atoms with van der Waals surface area (Å²) in [6, 6.07) is 1.84. The number of nitrogens with one attached hydrogen (secondary N) is 4. The number of carboxylic acids is 1. The van der Waals surface area contributed by atoms with Gasteiger partial charge in [-0.15, -0.1) is 0 Å². The van der Waals surface area contributed by atoms with Gasteiger partial charge in [0.25, 0.3) is 0 Å². The number of hydrogen-bond donors (Lipinski definition) is 8. The maximum absolute atomic E-state index is 13.6. The largest absolute Gasteiger partial charge is 0.508 e. The van der Waals surface area contributed by atoms with E-state index in [1.54, 1.807) is 24.3 Å². The lowest BCUT2D eigenvalue weighted by Gasteiger charge is -2.24. The molecule has 0 bridgehead atoms. The van der Waals surface area contributed by atoms with Crippen molar-refractivity contribution in [2.24, 2.45) is 23.3 Å². The van der Waals surface area contributed by atoms with E-state index in [0.29, 0.717) is 31.4 Å². The van der Waals surface area contributed by atoms with Crippen molar-refractivity contribution in [3.05, 3.63) is 42.0 Å². The predicted molar refractivity (Wildman–Crippen MR) is 170 cm³/mol. The maximum Gasteiger partial charge on any atom is 0.306 e. The molecule has 1 aromatic rings. The molecule has 46 heavy (non-hydrogen) atoms. The van der Waals surface area contributed by atoms with Crippen LogP contribution in [0, 0.1) is 11.8 Å². The molecule has 254 valence electrons. The van der Waals surface area contributed by atoms with Gasteiger partial charge in [-0.1, -0.05) is 38.1 Å². The number of amides is 4. The zero-order valence-electron chi connectivity index (χ0n) is 26.5. The highest BCUT2D eigenvalue weighted by Gasteiger charge is 2.31. The number of hydrogen-bond acceptors (Lipinski definition) is 9. The molecule has 1 heterocycles. The Labute approximate surface area is 269 Å². The van der Waals surface area contributed by atoms with Crippen LogP contribution in [-0.2, 0) is 35.2 Å². The molecular formula is C32H48N6O8. The molecule has 0 spiro atoms. The van der Waals surface area contributed by atoms with Crippen molar-refractivity contribution in [2.45, 2.75) is 89.4 Å². The lowest BCUT2D eigenvalue weighted by Crippen LogP contribution is -2.55. The molecule has 0 saturated heterocycles. The third-order valence-corrected chi connectivity index (χ3v) is 7.55. The number of aromatic hydroxyl groups is 1. The number of rotatable bonds is 14. The zero-order valence-corrected chi connectivity index (χ0v) is 26.5. The van der Waals surface area contributed by atoms with Gasteiger partial charge < -0.3 is 42.9 Å². The van der Waals surface area contributed by atoms with Crippen molar-refractivity contribution in [1.29, 1.82) is 0 Å². The Morgan fingerprint density at radius 1 is 1.00 bits per heavy atom. The Morgan fingerprint density at radius 3 is 2.30 bits per heavy atom. The van der Waals surface area contributed by atoms with Crippen LogP contribution >= 0.6 is 0 Å². The topological polar surface area (TPSA) is 243 Å². The fraction of sp³-hybridized carbons (Fsp3) is 0.562. The van der Waals surface area contributed by atoms with Gasteiger partial charge in [0.1, 0.15) is 17.8 Å². The van der Waals surface area contributed by atoms with Crippen molar-refractivity contribution in [3.8, 4) is 5.75 Å². The summed E-state index contributed by atoms with van der Waals surface area (Å²) >= 11 is 0. The average molecular weight is 645 g/mol. The Morgan fingerprint density at radius 2 is 1.67 bits per heavy atom. The van der Waals surface area contributed by atoms with Crippen LogP contribution in [0.3, 0.4) is 0 Å². The van der Waals surface area contributed by atoms with Gasteiger partial charge in [0.15, 0.2) is 5.78 Å². The van der Waals surface area contributed by atoms with Crippen molar-refractivity contribution in [2.75, 3.05) is 13.1 Å². The van der Waals surface area contributed by atoms with E-state index in [9.17, 15) is 39.0 Å². The first-order valence-corrected chi connectivity index (χ1v) is 15.6. The summed E-state index contributed by atoms with van der Waals surface area (Å²) in [7, 11) is 0. The Kier molecular flexibility index (Phi) is 15.9. The first-order valence-electron chi connectivity index (χ1n) is 15.6. The number of carbonyl (C=O) groups excluding carboxylic acids is 5. The Balaban J connectivity index is 2.28. The molecule has 2 rings (SSSR count). The number of unbranched alkanes of at least 4 members (excludes halogenated alkanes) is 1. The Hall–Kier alpha value is -4.30. The number of carboxylic acid groups (broad SMARTS) is 1. The number of phenols is 1. The lowest BCUT2D eigenvalue weighted by molar-refractivity contribution is -0.144. The van der Waals surface area contributed by atoms with Gasteiger partial charge in [0.05, 0.1) is 24.5 Å². The van der Waals surface area contributed by atoms with Crippen LogP contribution in [0.4, 0.5) is 0 Å². The van der Waals surface area contributed by atoms with Gasteiger partial charge in [-0.2, -0.15) is 0 Å². The molecule has 0 saturated carbocycles. The number of nitrogens with two attached hydrogens (primary N) is 2. The summed E-state index contributed by atoms with van der Waals surface area (Å²) in [6.45, 7) is 3.64. The molecule has 0 unspecified atom stereocenters. The van der Waals surface area contributed by atoms with E-state index in [1.165, 1.54) is 12.1 Å². The molecule has 1 aromatic carbocycles. The van der Waals surface area contributed by atoms with E-state index in [-0.39, 0.29) is 43.8 Å². The van der Waals surface area contributed by atoms with Crippen LogP contribution in [0.25, 0.3) is 0 Å². The molecule has 0 aromatic heterocycles. The third kappa shape index (κ3) is 13.4. The molecule has 14 heteroatoms. The normalized spacial score (nSPS) is 20.9. The summed E-state index contributed by atoms with van der Waals surface area (Å²) in [5.74, 6) is -5.04. The second-order valence-electron chi connectivity index (χ2n) is 12.0. The van der Waals surface area contributed by atoms with Crippen LogP contribution in [0.2, 0.25) is 0 Å². The molecule has 5 atom stereocenters. The van der Waals surface area contributed by atoms with E-state index < -0.39 is 72.0 Å². The SMILES string of the molecule is CC(C)C[C@H](CC(=O)[C@H](Cc1ccc(O)cc1)NC(=O)[C@@H]1CC=CC[C@H](N)C(=O)N[C@@H](CCCCN)C(=O)NCC(=O)N1)C(=O)O. The fourth-order valence-electron chi connectivity index (χ4n) is 5.00. The first kappa shape index (κ1) is 37.9. The van der Waals surface area contributed by atoms with Gasteiger partial charge in [0.2, 0.25) is 23.6 Å². The van der Waals surface area contributed by atoms with E-state index in [0.717, 1.165) is 0 Å².